The standard InChI is InChI=1S/C34H35N5O2S/c1-9-41-31-14-20(4)28(16-27(31)19(2)3)32-37-30-13-11-10-12-26(30)33(40)39(32)36-18-25-15-21(5)38(23(25)7)34-29(17-35)22(6)24(8)42-34/h10-16,18-19H,9H2,1-8H3. The van der Waals surface area contributed by atoms with E-state index in [4.69, 9.17) is 14.8 Å². The highest BCUT2D eigenvalue weighted by atomic mass is 32.1. The summed E-state index contributed by atoms with van der Waals surface area (Å²) in [6.45, 7) is 16.8. The van der Waals surface area contributed by atoms with Crippen LogP contribution in [0.1, 0.15) is 70.8 Å². The number of nitriles is 1. The molecule has 2 aromatic carbocycles. The molecule has 3 aromatic heterocycles. The summed E-state index contributed by atoms with van der Waals surface area (Å²) >= 11 is 1.61. The van der Waals surface area contributed by atoms with Gasteiger partial charge >= 0.3 is 0 Å². The van der Waals surface area contributed by atoms with Gasteiger partial charge in [-0.3, -0.25) is 4.79 Å². The number of hydrogen-bond acceptors (Lipinski definition) is 6. The zero-order valence-electron chi connectivity index (χ0n) is 25.4. The molecule has 0 fully saturated rings. The maximum Gasteiger partial charge on any atom is 0.282 e. The number of ether oxygens (including phenoxy) is 1. The number of hydrogen-bond donors (Lipinski definition) is 0. The average molecular weight is 578 g/mol. The fourth-order valence-electron chi connectivity index (χ4n) is 5.32. The minimum absolute atomic E-state index is 0.211. The molecule has 0 aliphatic carbocycles. The Balaban J connectivity index is 1.71. The highest BCUT2D eigenvalue weighted by molar-refractivity contribution is 7.14. The second kappa shape index (κ2) is 11.4. The van der Waals surface area contributed by atoms with E-state index in [0.29, 0.717) is 28.9 Å². The van der Waals surface area contributed by atoms with E-state index in [2.05, 4.69) is 30.6 Å². The fraction of sp³-hybridized carbons (Fsp3) is 0.294. The van der Waals surface area contributed by atoms with Gasteiger partial charge in [0, 0.05) is 27.4 Å². The Morgan fingerprint density at radius 1 is 1.12 bits per heavy atom. The first-order valence-corrected chi connectivity index (χ1v) is 14.9. The van der Waals surface area contributed by atoms with Crippen LogP contribution in [-0.2, 0) is 0 Å². The van der Waals surface area contributed by atoms with Gasteiger partial charge in [0.25, 0.3) is 5.56 Å². The van der Waals surface area contributed by atoms with E-state index in [1.54, 1.807) is 23.6 Å². The molecule has 5 aromatic rings. The molecule has 0 saturated carbocycles. The molecule has 0 aliphatic heterocycles. The zero-order valence-corrected chi connectivity index (χ0v) is 26.2. The van der Waals surface area contributed by atoms with E-state index in [1.165, 1.54) is 4.68 Å². The van der Waals surface area contributed by atoms with Crippen molar-refractivity contribution in [3.63, 3.8) is 0 Å². The summed E-state index contributed by atoms with van der Waals surface area (Å²) in [6.07, 6.45) is 1.72. The number of aromatic nitrogens is 3. The van der Waals surface area contributed by atoms with E-state index in [-0.39, 0.29) is 11.5 Å². The van der Waals surface area contributed by atoms with Gasteiger partial charge in [-0.15, -0.1) is 11.3 Å². The minimum Gasteiger partial charge on any atom is -0.494 e. The number of benzene rings is 2. The van der Waals surface area contributed by atoms with Crippen LogP contribution in [0.4, 0.5) is 0 Å². The highest BCUT2D eigenvalue weighted by Gasteiger charge is 2.20. The lowest BCUT2D eigenvalue weighted by atomic mass is 9.96. The largest absolute Gasteiger partial charge is 0.494 e. The molecule has 0 N–H and O–H groups in total. The lowest BCUT2D eigenvalue weighted by Crippen LogP contribution is -2.21. The first-order valence-electron chi connectivity index (χ1n) is 14.1. The van der Waals surface area contributed by atoms with Crippen LogP contribution in [0.2, 0.25) is 0 Å². The average Bonchev–Trinajstić information content (AvgIpc) is 3.40. The summed E-state index contributed by atoms with van der Waals surface area (Å²) in [6, 6.07) is 15.9. The Kier molecular flexibility index (Phi) is 7.89. The smallest absolute Gasteiger partial charge is 0.282 e. The number of para-hydroxylation sites is 1. The second-order valence-corrected chi connectivity index (χ2v) is 12.0. The predicted molar refractivity (Wildman–Crippen MR) is 172 cm³/mol. The van der Waals surface area contributed by atoms with Gasteiger partial charge in [-0.05, 0) is 94.5 Å². The lowest BCUT2D eigenvalue weighted by molar-refractivity contribution is 0.335. The molecule has 0 saturated heterocycles. The monoisotopic (exact) mass is 577 g/mol. The van der Waals surface area contributed by atoms with Crippen molar-refractivity contribution < 1.29 is 4.74 Å². The SMILES string of the molecule is CCOc1cc(C)c(-c2nc3ccccc3c(=O)n2N=Cc2cc(C)n(-c3sc(C)c(C)c3C#N)c2C)cc1C(C)C. The topological polar surface area (TPSA) is 85.2 Å². The van der Waals surface area contributed by atoms with Crippen LogP contribution in [0.5, 0.6) is 5.75 Å². The quantitative estimate of drug-likeness (QED) is 0.185. The lowest BCUT2D eigenvalue weighted by Gasteiger charge is -2.18. The van der Waals surface area contributed by atoms with E-state index >= 15 is 0 Å². The third-order valence-electron chi connectivity index (χ3n) is 7.74. The Bertz CT molecular complexity index is 1970. The molecule has 8 heteroatoms. The van der Waals surface area contributed by atoms with Crippen molar-refractivity contribution in [2.24, 2.45) is 5.10 Å². The molecular weight excluding hydrogens is 542 g/mol. The van der Waals surface area contributed by atoms with Gasteiger partial charge in [0.15, 0.2) is 5.82 Å². The molecule has 7 nitrogen and oxygen atoms in total. The fourth-order valence-corrected chi connectivity index (χ4v) is 6.54. The minimum atomic E-state index is -0.240. The summed E-state index contributed by atoms with van der Waals surface area (Å²) in [5.41, 5.74) is 7.68. The first-order chi connectivity index (χ1) is 20.1. The van der Waals surface area contributed by atoms with Gasteiger partial charge in [0.2, 0.25) is 0 Å². The molecule has 0 spiro atoms. The maximum absolute atomic E-state index is 13.9. The van der Waals surface area contributed by atoms with Crippen LogP contribution in [-0.4, -0.2) is 27.0 Å². The van der Waals surface area contributed by atoms with Crippen LogP contribution >= 0.6 is 11.3 Å². The first kappa shape index (κ1) is 29.0. The van der Waals surface area contributed by atoms with Gasteiger partial charge in [-0.2, -0.15) is 15.0 Å². The van der Waals surface area contributed by atoms with Gasteiger partial charge in [-0.25, -0.2) is 4.98 Å². The van der Waals surface area contributed by atoms with Crippen molar-refractivity contribution in [2.75, 3.05) is 6.61 Å². The molecule has 0 atom stereocenters. The van der Waals surface area contributed by atoms with E-state index in [9.17, 15) is 10.1 Å². The van der Waals surface area contributed by atoms with Gasteiger partial charge in [0.05, 0.1) is 29.3 Å². The molecule has 5 rings (SSSR count). The number of rotatable bonds is 7. The van der Waals surface area contributed by atoms with Gasteiger partial charge in [0.1, 0.15) is 16.8 Å². The number of fused-ring (bicyclic) bond motifs is 1. The van der Waals surface area contributed by atoms with Crippen LogP contribution in [0.25, 0.3) is 27.3 Å². The summed E-state index contributed by atoms with van der Waals surface area (Å²) in [7, 11) is 0. The Hall–Kier alpha value is -4.48. The van der Waals surface area contributed by atoms with E-state index < -0.39 is 0 Å². The Labute approximate surface area is 250 Å². The number of nitrogens with zero attached hydrogens (tertiary/aromatic N) is 5. The van der Waals surface area contributed by atoms with Crippen molar-refractivity contribution in [1.29, 1.82) is 5.26 Å². The van der Waals surface area contributed by atoms with Gasteiger partial charge < -0.3 is 9.30 Å². The Morgan fingerprint density at radius 2 is 1.86 bits per heavy atom. The molecule has 0 unspecified atom stereocenters. The van der Waals surface area contributed by atoms with Crippen LogP contribution in [0, 0.1) is 45.9 Å². The summed E-state index contributed by atoms with van der Waals surface area (Å²) in [5, 5.41) is 16.0. The second-order valence-electron chi connectivity index (χ2n) is 10.8. The van der Waals surface area contributed by atoms with Crippen molar-refractivity contribution in [3.8, 4) is 28.2 Å². The number of thiophene rings is 1. The van der Waals surface area contributed by atoms with Crippen molar-refractivity contribution >= 4 is 28.5 Å². The zero-order chi connectivity index (χ0) is 30.3. The Morgan fingerprint density at radius 3 is 2.55 bits per heavy atom. The van der Waals surface area contributed by atoms with Crippen molar-refractivity contribution in [1.82, 2.24) is 14.2 Å². The third-order valence-corrected chi connectivity index (χ3v) is 8.93. The molecule has 214 valence electrons. The molecule has 0 aliphatic rings. The van der Waals surface area contributed by atoms with E-state index in [1.807, 2.05) is 71.9 Å². The summed E-state index contributed by atoms with van der Waals surface area (Å²) < 4.78 is 9.45. The number of aryl methyl sites for hydroxylation is 3. The normalized spacial score (nSPS) is 11.6. The van der Waals surface area contributed by atoms with Crippen LogP contribution in [0.3, 0.4) is 0 Å². The molecule has 0 bridgehead atoms. The molecule has 0 amide bonds. The van der Waals surface area contributed by atoms with Crippen molar-refractivity contribution in [2.45, 2.75) is 61.3 Å². The third kappa shape index (κ3) is 4.94. The molecule has 0 radical (unpaired) electrons. The van der Waals surface area contributed by atoms with Crippen molar-refractivity contribution in [3.05, 3.63) is 96.9 Å². The van der Waals surface area contributed by atoms with Crippen LogP contribution < -0.4 is 10.3 Å². The summed E-state index contributed by atoms with van der Waals surface area (Å²) in [4.78, 5) is 20.0. The predicted octanol–water partition coefficient (Wildman–Crippen LogP) is 7.73. The van der Waals surface area contributed by atoms with Gasteiger partial charge in [-0.1, -0.05) is 26.0 Å². The van der Waals surface area contributed by atoms with E-state index in [0.717, 1.165) is 54.8 Å². The maximum atomic E-state index is 13.9. The molecule has 3 heterocycles. The summed E-state index contributed by atoms with van der Waals surface area (Å²) in [5.74, 6) is 1.53. The highest BCUT2D eigenvalue weighted by Crippen LogP contribution is 2.35. The molecule has 42 heavy (non-hydrogen) atoms. The van der Waals surface area contributed by atoms with Crippen LogP contribution in [0.15, 0.2) is 52.4 Å². The molecular formula is C34H35N5O2S.